The molecular weight excluding hydrogens is 292 g/mol. The van der Waals surface area contributed by atoms with Gasteiger partial charge < -0.3 is 18.3 Å². The molecule has 120 valence electrons. The first-order valence-corrected chi connectivity index (χ1v) is 10.1. The van der Waals surface area contributed by atoms with Crippen molar-refractivity contribution in [1.29, 1.82) is 0 Å². The zero-order valence-corrected chi connectivity index (χ0v) is 15.4. The van der Waals surface area contributed by atoms with E-state index in [0.29, 0.717) is 0 Å². The number of rotatable bonds is 8. The van der Waals surface area contributed by atoms with Gasteiger partial charge in [0.2, 0.25) is 0 Å². The highest BCUT2D eigenvalue weighted by Gasteiger charge is 2.63. The van der Waals surface area contributed by atoms with Crippen LogP contribution < -0.4 is 0 Å². The fourth-order valence-corrected chi connectivity index (χ4v) is 7.57. The van der Waals surface area contributed by atoms with Gasteiger partial charge >= 0.3 is 8.56 Å². The molecule has 0 saturated carbocycles. The second-order valence-electron chi connectivity index (χ2n) is 5.38. The lowest BCUT2D eigenvalue weighted by Crippen LogP contribution is -2.71. The van der Waals surface area contributed by atoms with Crippen molar-refractivity contribution in [3.63, 3.8) is 0 Å². The zero-order chi connectivity index (χ0) is 15.2. The summed E-state index contributed by atoms with van der Waals surface area (Å²) in [6.45, 7) is 4.24. The standard InChI is InChI=1S/C14H30O4SSi/c1-6-10-14(15-3)12(18-13(19)7-2)9-8-11-20(14,16-4)17-5/h12-13,19H,6-11H2,1-5H3. The fourth-order valence-electron chi connectivity index (χ4n) is 3.42. The van der Waals surface area contributed by atoms with E-state index < -0.39 is 13.8 Å². The van der Waals surface area contributed by atoms with E-state index in [2.05, 4.69) is 26.5 Å². The molecule has 6 heteroatoms. The average molecular weight is 323 g/mol. The maximum Gasteiger partial charge on any atom is 0.373 e. The molecule has 0 aromatic rings. The number of hydrogen-bond acceptors (Lipinski definition) is 5. The molecule has 0 N–H and O–H groups in total. The molecule has 1 fully saturated rings. The summed E-state index contributed by atoms with van der Waals surface area (Å²) in [4.78, 5) is 0. The molecule has 0 aromatic carbocycles. The molecule has 1 aliphatic rings. The maximum atomic E-state index is 6.17. The largest absolute Gasteiger partial charge is 0.396 e. The van der Waals surface area contributed by atoms with Crippen molar-refractivity contribution in [2.75, 3.05) is 21.3 Å². The van der Waals surface area contributed by atoms with Crippen molar-refractivity contribution >= 4 is 21.2 Å². The summed E-state index contributed by atoms with van der Waals surface area (Å²) in [5.41, 5.74) is -0.0649. The highest BCUT2D eigenvalue weighted by Crippen LogP contribution is 2.44. The summed E-state index contributed by atoms with van der Waals surface area (Å²) in [6.07, 6.45) is 4.81. The zero-order valence-electron chi connectivity index (χ0n) is 13.5. The lowest BCUT2D eigenvalue weighted by Gasteiger charge is -2.52. The highest BCUT2D eigenvalue weighted by molar-refractivity contribution is 7.80. The Bertz CT molecular complexity index is 288. The molecule has 0 amide bonds. The quantitative estimate of drug-likeness (QED) is 0.423. The molecule has 0 aromatic heterocycles. The molecule has 3 atom stereocenters. The van der Waals surface area contributed by atoms with Gasteiger partial charge in [-0.2, -0.15) is 0 Å². The van der Waals surface area contributed by atoms with Crippen LogP contribution in [0.4, 0.5) is 0 Å². The number of ether oxygens (including phenoxy) is 2. The Hall–Kier alpha value is 0.407. The second kappa shape index (κ2) is 8.15. The van der Waals surface area contributed by atoms with Crippen LogP contribution in [0.1, 0.15) is 46.0 Å². The molecule has 4 nitrogen and oxygen atoms in total. The molecule has 3 unspecified atom stereocenters. The van der Waals surface area contributed by atoms with Gasteiger partial charge in [-0.25, -0.2) is 0 Å². The number of hydrogen-bond donors (Lipinski definition) is 1. The molecule has 20 heavy (non-hydrogen) atoms. The van der Waals surface area contributed by atoms with Crippen molar-refractivity contribution in [1.82, 2.24) is 0 Å². The van der Waals surface area contributed by atoms with Gasteiger partial charge in [0.15, 0.2) is 0 Å². The summed E-state index contributed by atoms with van der Waals surface area (Å²) in [7, 11) is 2.80. The van der Waals surface area contributed by atoms with E-state index in [1.54, 1.807) is 21.3 Å². The lowest BCUT2D eigenvalue weighted by molar-refractivity contribution is -0.129. The molecule has 1 aliphatic heterocycles. The van der Waals surface area contributed by atoms with Crippen LogP contribution in [-0.2, 0) is 18.3 Å². The van der Waals surface area contributed by atoms with Gasteiger partial charge in [-0.1, -0.05) is 20.3 Å². The van der Waals surface area contributed by atoms with E-state index in [9.17, 15) is 0 Å². The first-order valence-electron chi connectivity index (χ1n) is 7.54. The highest BCUT2D eigenvalue weighted by atomic mass is 32.1. The van der Waals surface area contributed by atoms with Crippen LogP contribution in [0.5, 0.6) is 0 Å². The first kappa shape index (κ1) is 18.5. The third kappa shape index (κ3) is 3.25. The molecule has 0 spiro atoms. The smallest absolute Gasteiger partial charge is 0.373 e. The summed E-state index contributed by atoms with van der Waals surface area (Å²) in [6, 6.07) is 0.955. The van der Waals surface area contributed by atoms with Crippen molar-refractivity contribution in [2.45, 2.75) is 68.8 Å². The maximum absolute atomic E-state index is 6.17. The van der Waals surface area contributed by atoms with Crippen LogP contribution in [0.2, 0.25) is 6.04 Å². The minimum absolute atomic E-state index is 0.00443. The Kier molecular flexibility index (Phi) is 7.52. The lowest BCUT2D eigenvalue weighted by atomic mass is 10.0. The van der Waals surface area contributed by atoms with Crippen LogP contribution in [0.3, 0.4) is 0 Å². The monoisotopic (exact) mass is 322 g/mol. The van der Waals surface area contributed by atoms with E-state index in [1.165, 1.54) is 0 Å². The van der Waals surface area contributed by atoms with Crippen molar-refractivity contribution in [3.05, 3.63) is 0 Å². The normalized spacial score (nSPS) is 31.2. The number of methoxy groups -OCH3 is 1. The van der Waals surface area contributed by atoms with E-state index in [1.807, 2.05) is 0 Å². The van der Waals surface area contributed by atoms with Gasteiger partial charge in [-0.3, -0.25) is 0 Å². The first-order chi connectivity index (χ1) is 9.55. The minimum atomic E-state index is -2.46. The Morgan fingerprint density at radius 2 is 1.90 bits per heavy atom. The van der Waals surface area contributed by atoms with Gasteiger partial charge in [0, 0.05) is 21.3 Å². The van der Waals surface area contributed by atoms with Crippen LogP contribution in [-0.4, -0.2) is 46.7 Å². The summed E-state index contributed by atoms with van der Waals surface area (Å²) in [5, 5.41) is -0.445. The molecule has 0 aliphatic carbocycles. The second-order valence-corrected chi connectivity index (χ2v) is 9.63. The molecule has 1 rings (SSSR count). The predicted molar refractivity (Wildman–Crippen MR) is 86.4 cm³/mol. The van der Waals surface area contributed by atoms with Gasteiger partial charge in [-0.15, -0.1) is 12.6 Å². The van der Waals surface area contributed by atoms with E-state index >= 15 is 0 Å². The molecule has 0 radical (unpaired) electrons. The van der Waals surface area contributed by atoms with Gasteiger partial charge in [-0.05, 0) is 31.7 Å². The van der Waals surface area contributed by atoms with E-state index in [-0.39, 0.29) is 11.5 Å². The van der Waals surface area contributed by atoms with Crippen molar-refractivity contribution in [2.24, 2.45) is 0 Å². The van der Waals surface area contributed by atoms with Gasteiger partial charge in [0.25, 0.3) is 0 Å². The van der Waals surface area contributed by atoms with Crippen LogP contribution >= 0.6 is 12.6 Å². The summed E-state index contributed by atoms with van der Waals surface area (Å²) >= 11 is 4.50. The Labute approximate surface area is 130 Å². The average Bonchev–Trinajstić information content (AvgIpc) is 2.48. The Morgan fingerprint density at radius 3 is 2.35 bits per heavy atom. The predicted octanol–water partition coefficient (Wildman–Crippen LogP) is 3.29. The minimum Gasteiger partial charge on any atom is -0.396 e. The van der Waals surface area contributed by atoms with Crippen molar-refractivity contribution in [3.8, 4) is 0 Å². The summed E-state index contributed by atoms with van der Waals surface area (Å²) in [5.74, 6) is 0. The van der Waals surface area contributed by atoms with Gasteiger partial charge in [0.05, 0.1) is 6.10 Å². The topological polar surface area (TPSA) is 36.9 Å². The Balaban J connectivity index is 3.13. The molecule has 1 saturated heterocycles. The van der Waals surface area contributed by atoms with Crippen LogP contribution in [0, 0.1) is 0 Å². The third-order valence-corrected chi connectivity index (χ3v) is 9.34. The van der Waals surface area contributed by atoms with Gasteiger partial charge in [0.1, 0.15) is 10.7 Å². The van der Waals surface area contributed by atoms with Crippen LogP contribution in [0.25, 0.3) is 0 Å². The Morgan fingerprint density at radius 1 is 1.25 bits per heavy atom. The summed E-state index contributed by atoms with van der Waals surface area (Å²) < 4.78 is 24.0. The van der Waals surface area contributed by atoms with Crippen molar-refractivity contribution < 1.29 is 18.3 Å². The SMILES string of the molecule is CCCC1(OC)C(OC(S)CC)CCC[Si]1(OC)OC. The molecule has 1 heterocycles. The van der Waals surface area contributed by atoms with E-state index in [0.717, 1.165) is 38.1 Å². The van der Waals surface area contributed by atoms with Crippen LogP contribution in [0.15, 0.2) is 0 Å². The third-order valence-electron chi connectivity index (χ3n) is 4.45. The molecular formula is C14H30O4SSi. The number of thiol groups is 1. The van der Waals surface area contributed by atoms with E-state index in [4.69, 9.17) is 18.3 Å². The molecule has 0 bridgehead atoms. The fraction of sp³-hybridized carbons (Fsp3) is 1.00.